The van der Waals surface area contributed by atoms with E-state index >= 15 is 0 Å². The minimum atomic E-state index is 0.0119. The minimum absolute atomic E-state index is 0.0119. The molecule has 5 nitrogen and oxygen atoms in total. The van der Waals surface area contributed by atoms with Crippen LogP contribution < -0.4 is 10.6 Å². The Bertz CT molecular complexity index is 395. The molecule has 0 bridgehead atoms. The lowest BCUT2D eigenvalue weighted by atomic mass is 10.1. The van der Waals surface area contributed by atoms with Crippen molar-refractivity contribution in [2.45, 2.75) is 6.42 Å². The van der Waals surface area contributed by atoms with Crippen molar-refractivity contribution >= 4 is 11.4 Å². The van der Waals surface area contributed by atoms with Gasteiger partial charge in [-0.3, -0.25) is 0 Å². The molecule has 17 heavy (non-hydrogen) atoms. The molecule has 4 N–H and O–H groups in total. The quantitative estimate of drug-likeness (QED) is 0.609. The van der Waals surface area contributed by atoms with Crippen molar-refractivity contribution in [1.82, 2.24) is 0 Å². The SMILES string of the molecule is N#CCc1cc(N(CCO)CCO)ccc1N. The van der Waals surface area contributed by atoms with Gasteiger partial charge in [-0.15, -0.1) is 0 Å². The molecule has 1 aromatic rings. The monoisotopic (exact) mass is 235 g/mol. The number of hydrogen-bond acceptors (Lipinski definition) is 5. The highest BCUT2D eigenvalue weighted by atomic mass is 16.3. The molecule has 0 aromatic heterocycles. The molecule has 0 radical (unpaired) electrons. The van der Waals surface area contributed by atoms with E-state index in [-0.39, 0.29) is 19.6 Å². The van der Waals surface area contributed by atoms with Crippen LogP contribution >= 0.6 is 0 Å². The number of hydrogen-bond donors (Lipinski definition) is 3. The van der Waals surface area contributed by atoms with Gasteiger partial charge in [0, 0.05) is 24.5 Å². The average molecular weight is 235 g/mol. The van der Waals surface area contributed by atoms with Crippen LogP contribution in [-0.2, 0) is 6.42 Å². The topological polar surface area (TPSA) is 93.5 Å². The lowest BCUT2D eigenvalue weighted by Crippen LogP contribution is -2.29. The van der Waals surface area contributed by atoms with Crippen LogP contribution in [0.15, 0.2) is 18.2 Å². The van der Waals surface area contributed by atoms with E-state index in [1.54, 1.807) is 6.07 Å². The number of aliphatic hydroxyl groups is 2. The fourth-order valence-corrected chi connectivity index (χ4v) is 1.64. The van der Waals surface area contributed by atoms with Crippen LogP contribution in [0, 0.1) is 11.3 Å². The lowest BCUT2D eigenvalue weighted by Gasteiger charge is -2.23. The number of nitrogen functional groups attached to an aromatic ring is 1. The summed E-state index contributed by atoms with van der Waals surface area (Å²) in [6.07, 6.45) is 0.256. The third kappa shape index (κ3) is 3.63. The van der Waals surface area contributed by atoms with Crippen LogP contribution in [-0.4, -0.2) is 36.5 Å². The van der Waals surface area contributed by atoms with Gasteiger partial charge in [0.15, 0.2) is 0 Å². The third-order valence-corrected chi connectivity index (χ3v) is 2.50. The van der Waals surface area contributed by atoms with E-state index in [0.717, 1.165) is 11.3 Å². The van der Waals surface area contributed by atoms with Crippen LogP contribution in [0.5, 0.6) is 0 Å². The fourth-order valence-electron chi connectivity index (χ4n) is 1.64. The van der Waals surface area contributed by atoms with Crippen LogP contribution in [0.1, 0.15) is 5.56 Å². The molecule has 0 fully saturated rings. The molecule has 0 atom stereocenters. The lowest BCUT2D eigenvalue weighted by molar-refractivity contribution is 0.281. The van der Waals surface area contributed by atoms with Gasteiger partial charge in [0.05, 0.1) is 25.7 Å². The van der Waals surface area contributed by atoms with Crippen molar-refractivity contribution in [3.63, 3.8) is 0 Å². The van der Waals surface area contributed by atoms with Gasteiger partial charge < -0.3 is 20.8 Å². The van der Waals surface area contributed by atoms with Gasteiger partial charge in [-0.25, -0.2) is 0 Å². The number of nitriles is 1. The number of nitrogens with zero attached hydrogens (tertiary/aromatic N) is 2. The van der Waals surface area contributed by atoms with E-state index in [4.69, 9.17) is 21.2 Å². The van der Waals surface area contributed by atoms with Crippen molar-refractivity contribution < 1.29 is 10.2 Å². The van der Waals surface area contributed by atoms with E-state index in [0.29, 0.717) is 18.8 Å². The summed E-state index contributed by atoms with van der Waals surface area (Å²) >= 11 is 0. The van der Waals surface area contributed by atoms with Gasteiger partial charge >= 0.3 is 0 Å². The summed E-state index contributed by atoms with van der Waals surface area (Å²) in [6.45, 7) is 0.906. The first-order chi connectivity index (χ1) is 8.22. The molecular formula is C12H17N3O2. The van der Waals surface area contributed by atoms with Gasteiger partial charge in [0.2, 0.25) is 0 Å². The second-order valence-electron chi connectivity index (χ2n) is 3.65. The van der Waals surface area contributed by atoms with Gasteiger partial charge in [-0.1, -0.05) is 0 Å². The summed E-state index contributed by atoms with van der Waals surface area (Å²) < 4.78 is 0. The van der Waals surface area contributed by atoms with Crippen LogP contribution in [0.2, 0.25) is 0 Å². The van der Waals surface area contributed by atoms with Gasteiger partial charge in [-0.05, 0) is 23.8 Å². The zero-order valence-corrected chi connectivity index (χ0v) is 9.63. The van der Waals surface area contributed by atoms with E-state index in [2.05, 4.69) is 6.07 Å². The zero-order chi connectivity index (χ0) is 12.7. The van der Waals surface area contributed by atoms with Crippen molar-refractivity contribution in [3.8, 4) is 6.07 Å². The Morgan fingerprint density at radius 1 is 1.24 bits per heavy atom. The summed E-state index contributed by atoms with van der Waals surface area (Å²) in [5, 5.41) is 26.6. The second-order valence-corrected chi connectivity index (χ2v) is 3.65. The Morgan fingerprint density at radius 2 is 1.88 bits per heavy atom. The Morgan fingerprint density at radius 3 is 2.41 bits per heavy atom. The van der Waals surface area contributed by atoms with Crippen molar-refractivity contribution in [2.75, 3.05) is 36.9 Å². The van der Waals surface area contributed by atoms with Gasteiger partial charge in [0.1, 0.15) is 0 Å². The van der Waals surface area contributed by atoms with E-state index in [1.165, 1.54) is 0 Å². The molecule has 1 aromatic carbocycles. The molecule has 1 rings (SSSR count). The highest BCUT2D eigenvalue weighted by Gasteiger charge is 2.07. The molecule has 0 spiro atoms. The Labute approximate surface area is 101 Å². The molecule has 0 heterocycles. The maximum absolute atomic E-state index is 8.95. The van der Waals surface area contributed by atoms with Crippen molar-refractivity contribution in [2.24, 2.45) is 0 Å². The predicted octanol–water partition coefficient (Wildman–Crippen LogP) is 0.126. The maximum Gasteiger partial charge on any atom is 0.0670 e. The molecule has 0 aliphatic heterocycles. The van der Waals surface area contributed by atoms with E-state index in [1.807, 2.05) is 17.0 Å². The fraction of sp³-hybridized carbons (Fsp3) is 0.417. The maximum atomic E-state index is 8.95. The molecule has 0 saturated carbocycles. The van der Waals surface area contributed by atoms with Crippen molar-refractivity contribution in [3.05, 3.63) is 23.8 Å². The molecular weight excluding hydrogens is 218 g/mol. The summed E-state index contributed by atoms with van der Waals surface area (Å²) in [6, 6.07) is 7.44. The number of aliphatic hydroxyl groups excluding tert-OH is 2. The molecule has 0 amide bonds. The standard InChI is InChI=1S/C12H17N3O2/c13-4-3-10-9-11(1-2-12(10)14)15(5-7-16)6-8-17/h1-2,9,16-17H,3,5-8,14H2. The van der Waals surface area contributed by atoms with Crippen molar-refractivity contribution in [1.29, 1.82) is 5.26 Å². The highest BCUT2D eigenvalue weighted by molar-refractivity contribution is 5.59. The first-order valence-corrected chi connectivity index (χ1v) is 5.45. The van der Waals surface area contributed by atoms with Gasteiger partial charge in [0.25, 0.3) is 0 Å². The summed E-state index contributed by atoms with van der Waals surface area (Å²) in [5.41, 5.74) is 7.97. The smallest absolute Gasteiger partial charge is 0.0670 e. The van der Waals surface area contributed by atoms with E-state index < -0.39 is 0 Å². The molecule has 0 saturated heterocycles. The second kappa shape index (κ2) is 6.74. The summed E-state index contributed by atoms with van der Waals surface area (Å²) in [5.74, 6) is 0. The molecule has 0 aliphatic carbocycles. The Kier molecular flexibility index (Phi) is 5.27. The van der Waals surface area contributed by atoms with E-state index in [9.17, 15) is 0 Å². The first-order valence-electron chi connectivity index (χ1n) is 5.45. The van der Waals surface area contributed by atoms with Gasteiger partial charge in [-0.2, -0.15) is 5.26 Å². The summed E-state index contributed by atoms with van der Waals surface area (Å²) in [4.78, 5) is 1.85. The Hall–Kier alpha value is -1.77. The third-order valence-electron chi connectivity index (χ3n) is 2.50. The zero-order valence-electron chi connectivity index (χ0n) is 9.63. The number of anilines is 2. The molecule has 5 heteroatoms. The average Bonchev–Trinajstić information content (AvgIpc) is 2.32. The van der Waals surface area contributed by atoms with Crippen LogP contribution in [0.25, 0.3) is 0 Å². The predicted molar refractivity (Wildman–Crippen MR) is 66.6 cm³/mol. The highest BCUT2D eigenvalue weighted by Crippen LogP contribution is 2.21. The number of rotatable bonds is 6. The summed E-state index contributed by atoms with van der Waals surface area (Å²) in [7, 11) is 0. The molecule has 92 valence electrons. The van der Waals surface area contributed by atoms with Crippen LogP contribution in [0.3, 0.4) is 0 Å². The molecule has 0 unspecified atom stereocenters. The van der Waals surface area contributed by atoms with Crippen LogP contribution in [0.4, 0.5) is 11.4 Å². The largest absolute Gasteiger partial charge is 0.398 e. The number of benzene rings is 1. The molecule has 0 aliphatic rings. The first kappa shape index (κ1) is 13.3. The number of nitrogens with two attached hydrogens (primary N) is 1. The minimum Gasteiger partial charge on any atom is -0.398 e. The normalized spacial score (nSPS) is 9.94. The Balaban J connectivity index is 2.95.